The van der Waals surface area contributed by atoms with Crippen LogP contribution in [0, 0.1) is 5.92 Å². The summed E-state index contributed by atoms with van der Waals surface area (Å²) in [6, 6.07) is 4.03. The van der Waals surface area contributed by atoms with E-state index < -0.39 is 0 Å². The van der Waals surface area contributed by atoms with Crippen molar-refractivity contribution in [1.82, 2.24) is 4.98 Å². The first-order valence-corrected chi connectivity index (χ1v) is 4.41. The Balaban J connectivity index is 2.58. The summed E-state index contributed by atoms with van der Waals surface area (Å²) >= 11 is 0. The van der Waals surface area contributed by atoms with Crippen LogP contribution < -0.4 is 0 Å². The van der Waals surface area contributed by atoms with Gasteiger partial charge < -0.3 is 0 Å². The molecular formula is C11H15N. The first kappa shape index (κ1) is 8.98. The fraction of sp³-hybridized carbons (Fsp3) is 0.364. The van der Waals surface area contributed by atoms with E-state index in [9.17, 15) is 0 Å². The van der Waals surface area contributed by atoms with Crippen molar-refractivity contribution >= 4 is 6.08 Å². The zero-order valence-corrected chi connectivity index (χ0v) is 7.70. The number of rotatable bonds is 3. The highest BCUT2D eigenvalue weighted by Crippen LogP contribution is 2.06. The van der Waals surface area contributed by atoms with Crippen molar-refractivity contribution < 1.29 is 0 Å². The van der Waals surface area contributed by atoms with Crippen LogP contribution in [-0.4, -0.2) is 4.98 Å². The summed E-state index contributed by atoms with van der Waals surface area (Å²) < 4.78 is 0. The van der Waals surface area contributed by atoms with E-state index in [-0.39, 0.29) is 0 Å². The molecule has 1 aromatic heterocycles. The molecule has 0 radical (unpaired) electrons. The summed E-state index contributed by atoms with van der Waals surface area (Å²) in [6.07, 6.45) is 9.21. The minimum Gasteiger partial charge on any atom is -0.265 e. The lowest BCUT2D eigenvalue weighted by molar-refractivity contribution is 0.701. The molecule has 12 heavy (non-hydrogen) atoms. The molecule has 1 unspecified atom stereocenters. The highest BCUT2D eigenvalue weighted by molar-refractivity contribution is 5.47. The molecule has 0 N–H and O–H groups in total. The monoisotopic (exact) mass is 161 g/mol. The zero-order chi connectivity index (χ0) is 8.81. The first-order valence-electron chi connectivity index (χ1n) is 4.41. The van der Waals surface area contributed by atoms with Gasteiger partial charge in [-0.1, -0.05) is 32.4 Å². The molecule has 0 spiro atoms. The second kappa shape index (κ2) is 4.70. The summed E-state index contributed by atoms with van der Waals surface area (Å²) in [7, 11) is 0. The lowest BCUT2D eigenvalue weighted by Crippen LogP contribution is -1.83. The van der Waals surface area contributed by atoms with Crippen LogP contribution >= 0.6 is 0 Å². The summed E-state index contributed by atoms with van der Waals surface area (Å²) in [5, 5.41) is 0. The molecule has 1 nitrogen and oxygen atoms in total. The van der Waals surface area contributed by atoms with Crippen molar-refractivity contribution in [1.29, 1.82) is 0 Å². The highest BCUT2D eigenvalue weighted by atomic mass is 14.6. The Labute approximate surface area is 74.2 Å². The van der Waals surface area contributed by atoms with Gasteiger partial charge in [-0.2, -0.15) is 0 Å². The standard InChI is InChI=1S/C11H15N/c1-3-10(2)4-5-11-6-8-12-9-7-11/h4-10H,3H2,1-2H3/b5-4+. The maximum Gasteiger partial charge on any atom is 0.0273 e. The molecule has 0 bridgehead atoms. The lowest BCUT2D eigenvalue weighted by atomic mass is 10.1. The van der Waals surface area contributed by atoms with Crippen LogP contribution in [0.5, 0.6) is 0 Å². The van der Waals surface area contributed by atoms with Gasteiger partial charge in [-0.25, -0.2) is 0 Å². The van der Waals surface area contributed by atoms with E-state index in [1.807, 2.05) is 24.5 Å². The van der Waals surface area contributed by atoms with E-state index >= 15 is 0 Å². The molecule has 1 heteroatoms. The fourth-order valence-corrected chi connectivity index (χ4v) is 0.886. The largest absolute Gasteiger partial charge is 0.265 e. The van der Waals surface area contributed by atoms with Gasteiger partial charge in [-0.05, 0) is 23.6 Å². The summed E-state index contributed by atoms with van der Waals surface area (Å²) in [5.41, 5.74) is 1.23. The van der Waals surface area contributed by atoms with Crippen molar-refractivity contribution in [3.8, 4) is 0 Å². The van der Waals surface area contributed by atoms with Crippen LogP contribution in [0.1, 0.15) is 25.8 Å². The second-order valence-electron chi connectivity index (χ2n) is 3.03. The molecule has 1 rings (SSSR count). The number of aromatic nitrogens is 1. The Morgan fingerprint density at radius 3 is 2.67 bits per heavy atom. The molecule has 1 aromatic rings. The molecule has 0 aliphatic rings. The van der Waals surface area contributed by atoms with Crippen molar-refractivity contribution in [3.05, 3.63) is 36.2 Å². The van der Waals surface area contributed by atoms with E-state index in [0.717, 1.165) is 0 Å². The summed E-state index contributed by atoms with van der Waals surface area (Å²) in [5.74, 6) is 0.665. The Bertz CT molecular complexity index is 238. The third kappa shape index (κ3) is 2.87. The van der Waals surface area contributed by atoms with Gasteiger partial charge in [-0.3, -0.25) is 4.98 Å². The molecule has 0 aliphatic carbocycles. The predicted molar refractivity (Wildman–Crippen MR) is 52.7 cm³/mol. The van der Waals surface area contributed by atoms with Crippen molar-refractivity contribution in [2.75, 3.05) is 0 Å². The van der Waals surface area contributed by atoms with E-state index in [0.29, 0.717) is 5.92 Å². The van der Waals surface area contributed by atoms with E-state index in [1.165, 1.54) is 12.0 Å². The molecule has 0 saturated heterocycles. The van der Waals surface area contributed by atoms with Gasteiger partial charge in [-0.15, -0.1) is 0 Å². The Morgan fingerprint density at radius 2 is 2.08 bits per heavy atom. The molecule has 0 aromatic carbocycles. The maximum absolute atomic E-state index is 3.96. The van der Waals surface area contributed by atoms with E-state index in [2.05, 4.69) is 31.0 Å². The summed E-state index contributed by atoms with van der Waals surface area (Å²) in [6.45, 7) is 4.42. The summed E-state index contributed by atoms with van der Waals surface area (Å²) in [4.78, 5) is 3.96. The smallest absolute Gasteiger partial charge is 0.0273 e. The van der Waals surface area contributed by atoms with Crippen LogP contribution in [0.2, 0.25) is 0 Å². The van der Waals surface area contributed by atoms with E-state index in [1.54, 1.807) is 0 Å². The minimum atomic E-state index is 0.665. The van der Waals surface area contributed by atoms with E-state index in [4.69, 9.17) is 0 Å². The SMILES string of the molecule is CCC(C)/C=C/c1ccncc1. The number of pyridine rings is 1. The van der Waals surface area contributed by atoms with Gasteiger partial charge in [0.05, 0.1) is 0 Å². The highest BCUT2D eigenvalue weighted by Gasteiger charge is 1.90. The second-order valence-corrected chi connectivity index (χ2v) is 3.03. The third-order valence-electron chi connectivity index (χ3n) is 1.97. The van der Waals surface area contributed by atoms with Crippen LogP contribution in [0.25, 0.3) is 6.08 Å². The Morgan fingerprint density at radius 1 is 1.42 bits per heavy atom. The number of hydrogen-bond acceptors (Lipinski definition) is 1. The van der Waals surface area contributed by atoms with Crippen molar-refractivity contribution in [3.63, 3.8) is 0 Å². The predicted octanol–water partition coefficient (Wildman–Crippen LogP) is 3.14. The zero-order valence-electron chi connectivity index (χ0n) is 7.70. The van der Waals surface area contributed by atoms with Crippen LogP contribution in [0.15, 0.2) is 30.6 Å². The number of hydrogen-bond donors (Lipinski definition) is 0. The Kier molecular flexibility index (Phi) is 3.52. The molecule has 0 saturated carbocycles. The molecule has 0 amide bonds. The van der Waals surface area contributed by atoms with Crippen molar-refractivity contribution in [2.45, 2.75) is 20.3 Å². The first-order chi connectivity index (χ1) is 5.83. The fourth-order valence-electron chi connectivity index (χ4n) is 0.886. The van der Waals surface area contributed by atoms with Gasteiger partial charge in [0.25, 0.3) is 0 Å². The molecule has 1 atom stereocenters. The number of allylic oxidation sites excluding steroid dienone is 1. The average molecular weight is 161 g/mol. The Hall–Kier alpha value is -1.11. The number of nitrogens with zero attached hydrogens (tertiary/aromatic N) is 1. The molecular weight excluding hydrogens is 146 g/mol. The molecule has 1 heterocycles. The third-order valence-corrected chi connectivity index (χ3v) is 1.97. The minimum absolute atomic E-state index is 0.665. The topological polar surface area (TPSA) is 12.9 Å². The molecule has 0 fully saturated rings. The quantitative estimate of drug-likeness (QED) is 0.663. The van der Waals surface area contributed by atoms with Crippen LogP contribution in [-0.2, 0) is 0 Å². The van der Waals surface area contributed by atoms with Crippen LogP contribution in [0.4, 0.5) is 0 Å². The van der Waals surface area contributed by atoms with Gasteiger partial charge in [0.1, 0.15) is 0 Å². The van der Waals surface area contributed by atoms with Gasteiger partial charge in [0.15, 0.2) is 0 Å². The molecule has 0 aliphatic heterocycles. The maximum atomic E-state index is 3.96. The average Bonchev–Trinajstić information content (AvgIpc) is 2.16. The van der Waals surface area contributed by atoms with Crippen LogP contribution in [0.3, 0.4) is 0 Å². The van der Waals surface area contributed by atoms with Gasteiger partial charge in [0.2, 0.25) is 0 Å². The van der Waals surface area contributed by atoms with Crippen molar-refractivity contribution in [2.24, 2.45) is 5.92 Å². The lowest BCUT2D eigenvalue weighted by Gasteiger charge is -1.98. The normalized spacial score (nSPS) is 13.5. The van der Waals surface area contributed by atoms with Gasteiger partial charge >= 0.3 is 0 Å². The molecule has 64 valence electrons. The van der Waals surface area contributed by atoms with Gasteiger partial charge in [0, 0.05) is 12.4 Å².